The monoisotopic (exact) mass is 542 g/mol. The molecule has 0 amide bonds. The Morgan fingerprint density at radius 3 is 1.56 bits per heavy atom. The van der Waals surface area contributed by atoms with Crippen molar-refractivity contribution >= 4 is 3.81 Å². The van der Waals surface area contributed by atoms with Crippen LogP contribution in [-0.4, -0.2) is 3.81 Å². The molecule has 6 rings (SSSR count). The normalized spacial score (nSPS) is 12.9. The van der Waals surface area contributed by atoms with Crippen LogP contribution in [0.25, 0.3) is 11.1 Å². The number of halogens is 2. The second-order valence-corrected chi connectivity index (χ2v) is 13.6. The van der Waals surface area contributed by atoms with Gasteiger partial charge in [0.1, 0.15) is 0 Å². The Kier molecular flexibility index (Phi) is 8.99. The summed E-state index contributed by atoms with van der Waals surface area (Å²) in [5, 5.41) is 0. The third-order valence-electron chi connectivity index (χ3n) is 7.14. The van der Waals surface area contributed by atoms with Gasteiger partial charge in [0.15, 0.2) is 0 Å². The summed E-state index contributed by atoms with van der Waals surface area (Å²) in [4.78, 5) is 0. The number of fused-ring (bicyclic) bond motifs is 3. The molecule has 0 aliphatic heterocycles. The summed E-state index contributed by atoms with van der Waals surface area (Å²) < 4.78 is 3.99. The molecule has 0 spiro atoms. The van der Waals surface area contributed by atoms with Crippen LogP contribution in [0.3, 0.4) is 0 Å². The molecule has 2 aliphatic carbocycles. The zero-order valence-corrected chi connectivity index (χ0v) is 23.2. The maximum absolute atomic E-state index is 2.45. The minimum Gasteiger partial charge on any atom is -1.00 e. The Labute approximate surface area is 233 Å². The van der Waals surface area contributed by atoms with Crippen LogP contribution in [0, 0.1) is 0 Å². The molecule has 0 N–H and O–H groups in total. The fraction of sp³-hybridized carbons (Fsp3) is 0.121. The Balaban J connectivity index is 0.00000152. The molecule has 0 radical (unpaired) electrons. The van der Waals surface area contributed by atoms with E-state index in [1.807, 2.05) is 0 Å². The van der Waals surface area contributed by atoms with E-state index >= 15 is 0 Å². The smallest absolute Gasteiger partial charge is 1.00 e. The van der Waals surface area contributed by atoms with Gasteiger partial charge in [-0.15, -0.1) is 0 Å². The van der Waals surface area contributed by atoms with Crippen molar-refractivity contribution in [2.75, 3.05) is 0 Å². The molecule has 4 aromatic rings. The third-order valence-corrected chi connectivity index (χ3v) is 12.4. The molecule has 0 atom stereocenters. The molecule has 0 aromatic heterocycles. The maximum Gasteiger partial charge on any atom is -1.00 e. The average Bonchev–Trinajstić information content (AvgIpc) is 3.53. The van der Waals surface area contributed by atoms with Gasteiger partial charge in [0.25, 0.3) is 0 Å². The van der Waals surface area contributed by atoms with Crippen LogP contribution in [0.4, 0.5) is 0 Å². The standard InChI is InChI=1S/C15H14.C13H9.C5H5.2ClH.Ti/c1-3-8-14(9-4-1)12-7-13-15-10-5-2-6-11-15;1-3-7-12-10(5-1)9-11-6-2-4-8-13(11)12;1-2-4-5-3-1;;;/h1-6,8-11H,12-13H2;1-9H;1-3H,4H2;2*1H;/q;;;;;+2/p-2. The summed E-state index contributed by atoms with van der Waals surface area (Å²) in [6.07, 6.45) is 10.4. The van der Waals surface area contributed by atoms with Crippen LogP contribution in [0.15, 0.2) is 131 Å². The Morgan fingerprint density at radius 2 is 1.08 bits per heavy atom. The predicted molar refractivity (Wildman–Crippen MR) is 141 cm³/mol. The van der Waals surface area contributed by atoms with Crippen LogP contribution in [0.5, 0.6) is 0 Å². The van der Waals surface area contributed by atoms with E-state index < -0.39 is 17.4 Å². The molecular formula is C33H28Cl2Ti. The molecule has 0 nitrogen and oxygen atoms in total. The molecular weight excluding hydrogens is 515 g/mol. The average molecular weight is 543 g/mol. The first-order valence-electron chi connectivity index (χ1n) is 12.2. The molecule has 3 heteroatoms. The van der Waals surface area contributed by atoms with Crippen molar-refractivity contribution in [3.8, 4) is 11.1 Å². The van der Waals surface area contributed by atoms with Gasteiger partial charge in [-0.25, -0.2) is 0 Å². The molecule has 0 heterocycles. The third kappa shape index (κ3) is 5.29. The van der Waals surface area contributed by atoms with E-state index in [-0.39, 0.29) is 24.8 Å². The number of rotatable bonds is 6. The molecule has 0 saturated carbocycles. The number of hydrogen-bond donors (Lipinski definition) is 0. The molecule has 0 bridgehead atoms. The van der Waals surface area contributed by atoms with Gasteiger partial charge in [0.2, 0.25) is 0 Å². The fourth-order valence-corrected chi connectivity index (χ4v) is 11.5. The van der Waals surface area contributed by atoms with Crippen LogP contribution in [-0.2, 0) is 30.2 Å². The summed E-state index contributed by atoms with van der Waals surface area (Å²) in [5.41, 5.74) is 8.85. The number of hydrogen-bond acceptors (Lipinski definition) is 0. The van der Waals surface area contributed by atoms with E-state index in [0.717, 1.165) is 19.3 Å². The topological polar surface area (TPSA) is 0 Å². The van der Waals surface area contributed by atoms with Crippen molar-refractivity contribution in [1.82, 2.24) is 0 Å². The second-order valence-electron chi connectivity index (χ2n) is 9.27. The Bertz CT molecular complexity index is 1330. The molecule has 36 heavy (non-hydrogen) atoms. The van der Waals surface area contributed by atoms with E-state index in [1.54, 1.807) is 18.8 Å². The summed E-state index contributed by atoms with van der Waals surface area (Å²) >= 11 is -1.93. The molecule has 0 unspecified atom stereocenters. The number of benzene rings is 4. The van der Waals surface area contributed by atoms with E-state index in [1.165, 1.54) is 22.3 Å². The summed E-state index contributed by atoms with van der Waals surface area (Å²) in [7, 11) is 0. The van der Waals surface area contributed by atoms with Gasteiger partial charge in [-0.3, -0.25) is 0 Å². The predicted octanol–water partition coefficient (Wildman–Crippen LogP) is 1.88. The summed E-state index contributed by atoms with van der Waals surface area (Å²) in [6, 6.07) is 40.6. The SMILES string of the molecule is C1=CC[C]([Ti+2](=[C](Cc2ccccc2)Cc2ccccc2)[CH]2c3ccccc3-c3ccccc32)=C1.[Cl-].[Cl-]. The second kappa shape index (κ2) is 12.2. The zero-order valence-electron chi connectivity index (χ0n) is 20.1. The van der Waals surface area contributed by atoms with Gasteiger partial charge in [-0.1, -0.05) is 0 Å². The van der Waals surface area contributed by atoms with Crippen LogP contribution >= 0.6 is 0 Å². The summed E-state index contributed by atoms with van der Waals surface area (Å²) in [6.45, 7) is 0. The first-order valence-corrected chi connectivity index (χ1v) is 14.7. The van der Waals surface area contributed by atoms with Gasteiger partial charge in [-0.2, -0.15) is 0 Å². The van der Waals surface area contributed by atoms with Gasteiger partial charge in [0.05, 0.1) is 0 Å². The maximum atomic E-state index is 2.45. The van der Waals surface area contributed by atoms with E-state index in [0.29, 0.717) is 4.22 Å². The number of allylic oxidation sites excluding steroid dienone is 4. The Hall–Kier alpha value is -2.48. The largest absolute Gasteiger partial charge is 1.00 e. The van der Waals surface area contributed by atoms with Gasteiger partial charge in [-0.05, 0) is 0 Å². The van der Waals surface area contributed by atoms with E-state index in [2.05, 4.69) is 127 Å². The summed E-state index contributed by atoms with van der Waals surface area (Å²) in [5.74, 6) is 0. The van der Waals surface area contributed by atoms with Crippen LogP contribution in [0.1, 0.15) is 32.9 Å². The van der Waals surface area contributed by atoms with Crippen molar-refractivity contribution in [2.45, 2.75) is 23.5 Å². The Morgan fingerprint density at radius 1 is 0.611 bits per heavy atom. The van der Waals surface area contributed by atoms with E-state index in [9.17, 15) is 0 Å². The molecule has 0 fully saturated rings. The van der Waals surface area contributed by atoms with Crippen LogP contribution < -0.4 is 24.8 Å². The molecule has 0 saturated heterocycles. The van der Waals surface area contributed by atoms with Crippen molar-refractivity contribution < 1.29 is 42.2 Å². The van der Waals surface area contributed by atoms with Gasteiger partial charge in [0, 0.05) is 0 Å². The van der Waals surface area contributed by atoms with Gasteiger partial charge < -0.3 is 24.8 Å². The van der Waals surface area contributed by atoms with Crippen molar-refractivity contribution in [2.24, 2.45) is 0 Å². The van der Waals surface area contributed by atoms with E-state index in [4.69, 9.17) is 0 Å². The molecule has 4 aromatic carbocycles. The van der Waals surface area contributed by atoms with Crippen molar-refractivity contribution in [3.05, 3.63) is 154 Å². The molecule has 2 aliphatic rings. The minimum atomic E-state index is -1.93. The minimum absolute atomic E-state index is 0. The quantitative estimate of drug-likeness (QED) is 0.326. The fourth-order valence-electron chi connectivity index (χ4n) is 5.67. The molecule has 178 valence electrons. The zero-order chi connectivity index (χ0) is 22.7. The van der Waals surface area contributed by atoms with Crippen molar-refractivity contribution in [3.63, 3.8) is 0 Å². The first kappa shape index (κ1) is 26.6. The van der Waals surface area contributed by atoms with Crippen LogP contribution in [0.2, 0.25) is 0 Å². The first-order chi connectivity index (χ1) is 16.9. The van der Waals surface area contributed by atoms with Crippen molar-refractivity contribution in [1.29, 1.82) is 0 Å². The van der Waals surface area contributed by atoms with Gasteiger partial charge >= 0.3 is 209 Å².